The Morgan fingerprint density at radius 2 is 2.00 bits per heavy atom. The van der Waals surface area contributed by atoms with Crippen LogP contribution in [0.5, 0.6) is 11.5 Å². The smallest absolute Gasteiger partial charge is 0.306 e. The monoisotopic (exact) mass is 252 g/mol. The van der Waals surface area contributed by atoms with Gasteiger partial charge in [-0.15, -0.1) is 0 Å². The second kappa shape index (κ2) is 6.28. The normalized spacial score (nSPS) is 12.0. The van der Waals surface area contributed by atoms with Crippen LogP contribution < -0.4 is 9.47 Å². The molecule has 0 aromatic heterocycles. The molecule has 18 heavy (non-hydrogen) atoms. The predicted molar refractivity (Wildman–Crippen MR) is 69.4 cm³/mol. The Hall–Kier alpha value is -1.71. The van der Waals surface area contributed by atoms with Crippen LogP contribution in [0.1, 0.15) is 25.0 Å². The van der Waals surface area contributed by atoms with Crippen LogP contribution in [-0.4, -0.2) is 25.3 Å². The van der Waals surface area contributed by atoms with E-state index in [9.17, 15) is 4.79 Å². The number of carbonyl (C=O) groups is 1. The second-order valence-electron chi connectivity index (χ2n) is 4.29. The Kier molecular flexibility index (Phi) is 5.01. The van der Waals surface area contributed by atoms with Crippen molar-refractivity contribution in [2.24, 2.45) is 5.92 Å². The molecule has 0 aliphatic rings. The predicted octanol–water partition coefficient (Wildman–Crippen LogP) is 2.53. The molecule has 4 heteroatoms. The highest BCUT2D eigenvalue weighted by atomic mass is 16.5. The van der Waals surface area contributed by atoms with Gasteiger partial charge in [-0.05, 0) is 30.0 Å². The van der Waals surface area contributed by atoms with Gasteiger partial charge in [0.2, 0.25) is 0 Å². The number of aliphatic carboxylic acids is 1. The van der Waals surface area contributed by atoms with Crippen molar-refractivity contribution in [1.29, 1.82) is 0 Å². The molecule has 0 spiro atoms. The van der Waals surface area contributed by atoms with E-state index in [1.807, 2.05) is 19.1 Å². The van der Waals surface area contributed by atoms with Crippen LogP contribution in [0.3, 0.4) is 0 Å². The third-order valence-corrected chi connectivity index (χ3v) is 2.97. The van der Waals surface area contributed by atoms with Gasteiger partial charge in [-0.3, -0.25) is 4.79 Å². The van der Waals surface area contributed by atoms with Gasteiger partial charge in [-0.1, -0.05) is 19.9 Å². The van der Waals surface area contributed by atoms with E-state index in [1.54, 1.807) is 21.1 Å². The molecule has 1 aromatic rings. The molecular weight excluding hydrogens is 232 g/mol. The van der Waals surface area contributed by atoms with Gasteiger partial charge < -0.3 is 14.6 Å². The lowest BCUT2D eigenvalue weighted by Crippen LogP contribution is -2.13. The molecule has 0 amide bonds. The van der Waals surface area contributed by atoms with Gasteiger partial charge >= 0.3 is 5.97 Å². The Morgan fingerprint density at radius 1 is 1.33 bits per heavy atom. The fourth-order valence-corrected chi connectivity index (χ4v) is 1.88. The number of hydrogen-bond acceptors (Lipinski definition) is 3. The summed E-state index contributed by atoms with van der Waals surface area (Å²) < 4.78 is 10.6. The Labute approximate surface area is 108 Å². The standard InChI is InChI=1S/C14H20O4/c1-5-10-7-11(6-9(2)14(15)16)13(18-4)12(8-10)17-3/h7-9H,5-6H2,1-4H3,(H,15,16). The van der Waals surface area contributed by atoms with Crippen LogP contribution in [-0.2, 0) is 17.6 Å². The molecule has 100 valence electrons. The van der Waals surface area contributed by atoms with Crippen LogP contribution in [0.4, 0.5) is 0 Å². The van der Waals surface area contributed by atoms with E-state index in [4.69, 9.17) is 14.6 Å². The van der Waals surface area contributed by atoms with E-state index in [2.05, 4.69) is 0 Å². The van der Waals surface area contributed by atoms with Crippen molar-refractivity contribution < 1.29 is 19.4 Å². The van der Waals surface area contributed by atoms with E-state index in [-0.39, 0.29) is 0 Å². The molecule has 1 aromatic carbocycles. The summed E-state index contributed by atoms with van der Waals surface area (Å²) >= 11 is 0. The highest BCUT2D eigenvalue weighted by molar-refractivity contribution is 5.70. The zero-order valence-corrected chi connectivity index (χ0v) is 11.3. The first kappa shape index (κ1) is 14.4. The van der Waals surface area contributed by atoms with Gasteiger partial charge in [0.25, 0.3) is 0 Å². The molecule has 0 radical (unpaired) electrons. The van der Waals surface area contributed by atoms with Crippen molar-refractivity contribution >= 4 is 5.97 Å². The SMILES string of the molecule is CCc1cc(CC(C)C(=O)O)c(OC)c(OC)c1. The number of benzene rings is 1. The fourth-order valence-electron chi connectivity index (χ4n) is 1.88. The maximum atomic E-state index is 10.9. The van der Waals surface area contributed by atoms with Gasteiger partial charge in [0, 0.05) is 0 Å². The number of ether oxygens (including phenoxy) is 2. The highest BCUT2D eigenvalue weighted by Gasteiger charge is 2.18. The third-order valence-electron chi connectivity index (χ3n) is 2.97. The van der Waals surface area contributed by atoms with Crippen LogP contribution in [0.15, 0.2) is 12.1 Å². The molecule has 1 N–H and O–H groups in total. The van der Waals surface area contributed by atoms with Gasteiger partial charge in [0.1, 0.15) is 0 Å². The number of hydrogen-bond donors (Lipinski definition) is 1. The minimum absolute atomic E-state index is 0.433. The van der Waals surface area contributed by atoms with Gasteiger partial charge in [-0.2, -0.15) is 0 Å². The Bertz CT molecular complexity index is 426. The molecule has 1 unspecified atom stereocenters. The molecule has 0 fully saturated rings. The first-order valence-corrected chi connectivity index (χ1v) is 6.00. The number of aryl methyl sites for hydroxylation is 1. The zero-order chi connectivity index (χ0) is 13.7. The summed E-state index contributed by atoms with van der Waals surface area (Å²) in [7, 11) is 3.15. The lowest BCUT2D eigenvalue weighted by atomic mass is 9.97. The van der Waals surface area contributed by atoms with Crippen molar-refractivity contribution in [3.8, 4) is 11.5 Å². The summed E-state index contributed by atoms with van der Waals surface area (Å²) in [6.45, 7) is 3.73. The summed E-state index contributed by atoms with van der Waals surface area (Å²) in [6, 6.07) is 3.91. The number of rotatable bonds is 6. The zero-order valence-electron chi connectivity index (χ0n) is 11.3. The van der Waals surface area contributed by atoms with E-state index in [0.717, 1.165) is 17.5 Å². The van der Waals surface area contributed by atoms with Crippen LogP contribution >= 0.6 is 0 Å². The highest BCUT2D eigenvalue weighted by Crippen LogP contribution is 2.34. The molecule has 0 saturated carbocycles. The van der Waals surface area contributed by atoms with Gasteiger partial charge in [0.15, 0.2) is 11.5 Å². The molecule has 0 heterocycles. The summed E-state index contributed by atoms with van der Waals surface area (Å²) in [5.41, 5.74) is 1.99. The topological polar surface area (TPSA) is 55.8 Å². The number of carboxylic acid groups (broad SMARTS) is 1. The van der Waals surface area contributed by atoms with Crippen molar-refractivity contribution in [1.82, 2.24) is 0 Å². The first-order chi connectivity index (χ1) is 8.53. The van der Waals surface area contributed by atoms with Gasteiger partial charge in [0.05, 0.1) is 20.1 Å². The molecule has 4 nitrogen and oxygen atoms in total. The maximum absolute atomic E-state index is 10.9. The number of carboxylic acids is 1. The third kappa shape index (κ3) is 3.15. The van der Waals surface area contributed by atoms with E-state index < -0.39 is 11.9 Å². The van der Waals surface area contributed by atoms with Crippen molar-refractivity contribution in [2.45, 2.75) is 26.7 Å². The van der Waals surface area contributed by atoms with E-state index in [1.165, 1.54) is 0 Å². The lowest BCUT2D eigenvalue weighted by molar-refractivity contribution is -0.141. The summed E-state index contributed by atoms with van der Waals surface area (Å²) in [5.74, 6) is 0.0286. The Morgan fingerprint density at radius 3 is 2.44 bits per heavy atom. The van der Waals surface area contributed by atoms with E-state index >= 15 is 0 Å². The number of methoxy groups -OCH3 is 2. The molecular formula is C14H20O4. The van der Waals surface area contributed by atoms with Crippen LogP contribution in [0.2, 0.25) is 0 Å². The van der Waals surface area contributed by atoms with Crippen LogP contribution in [0.25, 0.3) is 0 Å². The van der Waals surface area contributed by atoms with Gasteiger partial charge in [-0.25, -0.2) is 0 Å². The minimum atomic E-state index is -0.807. The minimum Gasteiger partial charge on any atom is -0.493 e. The van der Waals surface area contributed by atoms with Crippen molar-refractivity contribution in [3.63, 3.8) is 0 Å². The lowest BCUT2D eigenvalue weighted by Gasteiger charge is -2.16. The Balaban J connectivity index is 3.18. The quantitative estimate of drug-likeness (QED) is 0.845. The van der Waals surface area contributed by atoms with Crippen molar-refractivity contribution in [2.75, 3.05) is 14.2 Å². The molecule has 0 bridgehead atoms. The van der Waals surface area contributed by atoms with Crippen LogP contribution in [0, 0.1) is 5.92 Å². The maximum Gasteiger partial charge on any atom is 0.306 e. The average molecular weight is 252 g/mol. The second-order valence-corrected chi connectivity index (χ2v) is 4.29. The summed E-state index contributed by atoms with van der Waals surface area (Å²) in [6.07, 6.45) is 1.30. The fraction of sp³-hybridized carbons (Fsp3) is 0.500. The molecule has 1 atom stereocenters. The summed E-state index contributed by atoms with van der Waals surface area (Å²) in [5, 5.41) is 8.99. The molecule has 0 aliphatic carbocycles. The first-order valence-electron chi connectivity index (χ1n) is 6.00. The molecule has 0 aliphatic heterocycles. The van der Waals surface area contributed by atoms with E-state index in [0.29, 0.717) is 17.9 Å². The molecule has 0 saturated heterocycles. The van der Waals surface area contributed by atoms with Crippen molar-refractivity contribution in [3.05, 3.63) is 23.3 Å². The summed E-state index contributed by atoms with van der Waals surface area (Å²) in [4.78, 5) is 10.9. The largest absolute Gasteiger partial charge is 0.493 e. The average Bonchev–Trinajstić information content (AvgIpc) is 2.37. The molecule has 1 rings (SSSR count).